The topological polar surface area (TPSA) is 79.7 Å². The molecule has 7 nitrogen and oxygen atoms in total. The predicted octanol–water partition coefficient (Wildman–Crippen LogP) is 4.56. The first-order chi connectivity index (χ1) is 16.3. The van der Waals surface area contributed by atoms with E-state index in [1.54, 1.807) is 12.1 Å². The Kier molecular flexibility index (Phi) is 6.88. The van der Waals surface area contributed by atoms with Crippen LogP contribution in [-0.4, -0.2) is 30.1 Å². The van der Waals surface area contributed by atoms with E-state index in [-0.39, 0.29) is 16.9 Å². The van der Waals surface area contributed by atoms with Gasteiger partial charge < -0.3 is 4.98 Å². The van der Waals surface area contributed by atoms with Gasteiger partial charge in [-0.25, -0.2) is 9.07 Å². The molecule has 0 aliphatic carbocycles. The lowest BCUT2D eigenvalue weighted by molar-refractivity contribution is 0.217. The molecule has 178 valence electrons. The Balaban J connectivity index is 1.69. The van der Waals surface area contributed by atoms with Gasteiger partial charge in [0.15, 0.2) is 5.82 Å². The van der Waals surface area contributed by atoms with E-state index < -0.39 is 0 Å². The summed E-state index contributed by atoms with van der Waals surface area (Å²) in [7, 11) is 0. The van der Waals surface area contributed by atoms with E-state index >= 15 is 0 Å². The lowest BCUT2D eigenvalue weighted by Gasteiger charge is -2.27. The van der Waals surface area contributed by atoms with Crippen molar-refractivity contribution < 1.29 is 4.39 Å². The highest BCUT2D eigenvalue weighted by Crippen LogP contribution is 2.21. The summed E-state index contributed by atoms with van der Waals surface area (Å²) in [5.74, 6) is 0.445. The minimum absolute atomic E-state index is 0.116. The number of rotatable bonds is 9. The fraction of sp³-hybridized carbons (Fsp3) is 0.385. The van der Waals surface area contributed by atoms with E-state index in [0.29, 0.717) is 25.2 Å². The number of aryl methyl sites for hydroxylation is 1. The van der Waals surface area contributed by atoms with Gasteiger partial charge in [0.2, 0.25) is 0 Å². The first-order valence-electron chi connectivity index (χ1n) is 11.7. The average Bonchev–Trinajstić information content (AvgIpc) is 3.30. The Morgan fingerprint density at radius 3 is 2.44 bits per heavy atom. The smallest absolute Gasteiger partial charge is 0.252 e. The van der Waals surface area contributed by atoms with Crippen LogP contribution in [0.1, 0.15) is 56.6 Å². The fourth-order valence-electron chi connectivity index (χ4n) is 4.02. The highest BCUT2D eigenvalue weighted by Gasteiger charge is 2.25. The molecular formula is C26H31FN6O. The first kappa shape index (κ1) is 23.8. The second-order valence-electron chi connectivity index (χ2n) is 9.34. The van der Waals surface area contributed by atoms with Gasteiger partial charge >= 0.3 is 0 Å². The van der Waals surface area contributed by atoms with Gasteiger partial charge in [-0.05, 0) is 84.0 Å². The Morgan fingerprint density at radius 1 is 1.00 bits per heavy atom. The molecule has 1 N–H and O–H groups in total. The fourth-order valence-corrected chi connectivity index (χ4v) is 4.02. The normalized spacial score (nSPS) is 12.1. The second kappa shape index (κ2) is 9.85. The SMILES string of the molecule is CCc1ccc2[nH]c(=O)c(CN(Cc3ccc(F)cc3)Cc3nnnn3C(C)(C)CC)cc2c1. The number of fused-ring (bicyclic) bond motifs is 1. The van der Waals surface area contributed by atoms with Crippen molar-refractivity contribution >= 4 is 10.9 Å². The van der Waals surface area contributed by atoms with E-state index in [0.717, 1.165) is 35.1 Å². The standard InChI is InChI=1S/C26H31FN6O/c1-5-18-9-12-23-20(13-18)14-21(25(34)28-23)16-32(15-19-7-10-22(27)11-8-19)17-24-29-30-31-33(24)26(3,4)6-2/h7-14H,5-6,15-17H2,1-4H3,(H,28,34). The predicted molar refractivity (Wildman–Crippen MR) is 131 cm³/mol. The molecule has 0 unspecified atom stereocenters. The molecule has 0 aliphatic rings. The van der Waals surface area contributed by atoms with Crippen molar-refractivity contribution in [1.82, 2.24) is 30.1 Å². The number of hydrogen-bond acceptors (Lipinski definition) is 5. The largest absolute Gasteiger partial charge is 0.322 e. The molecule has 34 heavy (non-hydrogen) atoms. The van der Waals surface area contributed by atoms with Crippen LogP contribution in [0.4, 0.5) is 4.39 Å². The van der Waals surface area contributed by atoms with Crippen molar-refractivity contribution in [1.29, 1.82) is 0 Å². The highest BCUT2D eigenvalue weighted by molar-refractivity contribution is 5.79. The number of pyridine rings is 1. The van der Waals surface area contributed by atoms with Crippen molar-refractivity contribution in [2.24, 2.45) is 0 Å². The van der Waals surface area contributed by atoms with Gasteiger partial charge in [-0.3, -0.25) is 9.69 Å². The van der Waals surface area contributed by atoms with Crippen LogP contribution in [0.15, 0.2) is 53.3 Å². The van der Waals surface area contributed by atoms with Gasteiger partial charge in [0.05, 0.1) is 12.1 Å². The highest BCUT2D eigenvalue weighted by atomic mass is 19.1. The molecule has 0 aliphatic heterocycles. The lowest BCUT2D eigenvalue weighted by Crippen LogP contribution is -2.32. The van der Waals surface area contributed by atoms with Crippen LogP contribution in [0.3, 0.4) is 0 Å². The Hall–Kier alpha value is -3.39. The van der Waals surface area contributed by atoms with Crippen molar-refractivity contribution in [3.8, 4) is 0 Å². The Labute approximate surface area is 198 Å². The number of aromatic amines is 1. The van der Waals surface area contributed by atoms with Crippen LogP contribution in [0.2, 0.25) is 0 Å². The zero-order valence-corrected chi connectivity index (χ0v) is 20.2. The van der Waals surface area contributed by atoms with Crippen LogP contribution >= 0.6 is 0 Å². The number of hydrogen-bond donors (Lipinski definition) is 1. The van der Waals surface area contributed by atoms with Gasteiger partial charge in [0, 0.05) is 24.2 Å². The molecule has 2 aromatic carbocycles. The molecule has 0 atom stereocenters. The van der Waals surface area contributed by atoms with E-state index in [2.05, 4.69) is 59.2 Å². The molecule has 8 heteroatoms. The minimum Gasteiger partial charge on any atom is -0.322 e. The molecule has 0 amide bonds. The number of aromatic nitrogens is 5. The first-order valence-corrected chi connectivity index (χ1v) is 11.7. The van der Waals surface area contributed by atoms with Crippen molar-refractivity contribution in [2.75, 3.05) is 0 Å². The summed E-state index contributed by atoms with van der Waals surface area (Å²) in [6.07, 6.45) is 1.80. The van der Waals surface area contributed by atoms with Crippen molar-refractivity contribution in [2.45, 2.75) is 65.7 Å². The summed E-state index contributed by atoms with van der Waals surface area (Å²) in [5.41, 5.74) is 3.29. The molecule has 0 radical (unpaired) electrons. The van der Waals surface area contributed by atoms with Gasteiger partial charge in [-0.15, -0.1) is 5.10 Å². The number of benzene rings is 2. The molecule has 0 spiro atoms. The molecule has 0 bridgehead atoms. The van der Waals surface area contributed by atoms with Gasteiger partial charge in [0.25, 0.3) is 5.56 Å². The van der Waals surface area contributed by atoms with Crippen LogP contribution in [0.5, 0.6) is 0 Å². The van der Waals surface area contributed by atoms with Crippen molar-refractivity contribution in [3.63, 3.8) is 0 Å². The Bertz CT molecular complexity index is 1330. The number of nitrogens with zero attached hydrogens (tertiary/aromatic N) is 5. The average molecular weight is 463 g/mol. The molecule has 4 aromatic rings. The Morgan fingerprint density at radius 2 is 1.74 bits per heavy atom. The van der Waals surface area contributed by atoms with Gasteiger partial charge in [-0.2, -0.15) is 0 Å². The molecule has 2 aromatic heterocycles. The third kappa shape index (κ3) is 5.22. The van der Waals surface area contributed by atoms with Crippen LogP contribution in [-0.2, 0) is 31.6 Å². The third-order valence-electron chi connectivity index (χ3n) is 6.44. The summed E-state index contributed by atoms with van der Waals surface area (Å²) in [6.45, 7) is 9.76. The number of halogens is 1. The number of tetrazole rings is 1. The molecule has 0 saturated carbocycles. The lowest BCUT2D eigenvalue weighted by atomic mass is 10.0. The summed E-state index contributed by atoms with van der Waals surface area (Å²) < 4.78 is 15.3. The monoisotopic (exact) mass is 462 g/mol. The summed E-state index contributed by atoms with van der Waals surface area (Å²) in [5, 5.41) is 13.4. The van der Waals surface area contributed by atoms with Crippen LogP contribution in [0, 0.1) is 5.82 Å². The van der Waals surface area contributed by atoms with Gasteiger partial charge in [-0.1, -0.05) is 32.0 Å². The van der Waals surface area contributed by atoms with E-state index in [4.69, 9.17) is 0 Å². The van der Waals surface area contributed by atoms with Crippen molar-refractivity contribution in [3.05, 3.63) is 87.2 Å². The number of H-pyrrole nitrogens is 1. The minimum atomic E-state index is -0.276. The number of nitrogens with one attached hydrogen (secondary N) is 1. The van der Waals surface area contributed by atoms with Gasteiger partial charge in [0.1, 0.15) is 5.82 Å². The maximum Gasteiger partial charge on any atom is 0.252 e. The van der Waals surface area contributed by atoms with Crippen LogP contribution in [0.25, 0.3) is 10.9 Å². The zero-order chi connectivity index (χ0) is 24.3. The summed E-state index contributed by atoms with van der Waals surface area (Å²) in [4.78, 5) is 18.0. The summed E-state index contributed by atoms with van der Waals surface area (Å²) >= 11 is 0. The molecular weight excluding hydrogens is 431 g/mol. The molecule has 0 fully saturated rings. The van der Waals surface area contributed by atoms with E-state index in [1.165, 1.54) is 17.7 Å². The zero-order valence-electron chi connectivity index (χ0n) is 20.2. The summed E-state index contributed by atoms with van der Waals surface area (Å²) in [6, 6.07) is 14.5. The quantitative estimate of drug-likeness (QED) is 0.394. The maximum atomic E-state index is 13.5. The maximum absolute atomic E-state index is 13.5. The third-order valence-corrected chi connectivity index (χ3v) is 6.44. The van der Waals surface area contributed by atoms with E-state index in [1.807, 2.05) is 22.9 Å². The second-order valence-corrected chi connectivity index (χ2v) is 9.34. The van der Waals surface area contributed by atoms with E-state index in [9.17, 15) is 9.18 Å². The van der Waals surface area contributed by atoms with Crippen LogP contribution < -0.4 is 5.56 Å². The molecule has 0 saturated heterocycles. The molecule has 4 rings (SSSR count). The molecule has 2 heterocycles.